The van der Waals surface area contributed by atoms with Crippen LogP contribution in [0, 0.1) is 0 Å². The van der Waals surface area contributed by atoms with Gasteiger partial charge in [0.2, 0.25) is 10.0 Å². The van der Waals surface area contributed by atoms with Gasteiger partial charge in [-0.2, -0.15) is 17.5 Å². The number of halogens is 3. The van der Waals surface area contributed by atoms with E-state index in [2.05, 4.69) is 9.97 Å². The van der Waals surface area contributed by atoms with Crippen molar-refractivity contribution >= 4 is 10.0 Å². The van der Waals surface area contributed by atoms with E-state index in [1.165, 1.54) is 22.8 Å². The second kappa shape index (κ2) is 5.57. The maximum atomic E-state index is 12.5. The molecule has 0 radical (unpaired) electrons. The summed E-state index contributed by atoms with van der Waals surface area (Å²) in [6.07, 6.45) is -1.52. The van der Waals surface area contributed by atoms with Gasteiger partial charge >= 0.3 is 6.18 Å². The highest BCUT2D eigenvalue weighted by molar-refractivity contribution is 7.88. The summed E-state index contributed by atoms with van der Waals surface area (Å²) in [6, 6.07) is 4.14. The lowest BCUT2D eigenvalue weighted by molar-refractivity contribution is -0.137. The first-order chi connectivity index (χ1) is 10.8. The van der Waals surface area contributed by atoms with Crippen molar-refractivity contribution in [3.63, 3.8) is 0 Å². The molecule has 0 amide bonds. The van der Waals surface area contributed by atoms with E-state index in [-0.39, 0.29) is 18.8 Å². The molecular weight excluding hydrogens is 331 g/mol. The molecule has 1 aromatic carbocycles. The van der Waals surface area contributed by atoms with Crippen LogP contribution >= 0.6 is 0 Å². The Balaban J connectivity index is 1.75. The number of hydrogen-bond acceptors (Lipinski definition) is 4. The number of sulfonamides is 1. The van der Waals surface area contributed by atoms with Crippen LogP contribution in [0.4, 0.5) is 13.2 Å². The lowest BCUT2D eigenvalue weighted by atomic mass is 10.1. The summed E-state index contributed by atoms with van der Waals surface area (Å²) in [7, 11) is -3.64. The highest BCUT2D eigenvalue weighted by Crippen LogP contribution is 2.30. The van der Waals surface area contributed by atoms with E-state index in [0.717, 1.165) is 17.7 Å². The zero-order valence-corrected chi connectivity index (χ0v) is 12.6. The van der Waals surface area contributed by atoms with Gasteiger partial charge in [0.05, 0.1) is 23.6 Å². The maximum Gasteiger partial charge on any atom is 0.416 e. The van der Waals surface area contributed by atoms with E-state index >= 15 is 0 Å². The second-order valence-electron chi connectivity index (χ2n) is 5.21. The summed E-state index contributed by atoms with van der Waals surface area (Å²) < 4.78 is 63.6. The quantitative estimate of drug-likeness (QED) is 0.858. The summed E-state index contributed by atoms with van der Waals surface area (Å²) in [4.78, 5) is 7.88. The molecule has 1 aliphatic rings. The van der Waals surface area contributed by atoms with E-state index in [1.54, 1.807) is 6.20 Å². The number of benzene rings is 1. The van der Waals surface area contributed by atoms with E-state index in [4.69, 9.17) is 0 Å². The second-order valence-corrected chi connectivity index (χ2v) is 7.18. The molecule has 23 heavy (non-hydrogen) atoms. The zero-order valence-electron chi connectivity index (χ0n) is 11.8. The molecule has 0 saturated heterocycles. The van der Waals surface area contributed by atoms with E-state index < -0.39 is 21.8 Å². The maximum absolute atomic E-state index is 12.5. The molecular formula is C14H12F3N3O2S. The molecule has 0 spiro atoms. The third-order valence-corrected chi connectivity index (χ3v) is 5.32. The number of alkyl halides is 3. The SMILES string of the molecule is O=S(=O)(Cc1ccc(C(F)(F)F)cc1)N1Cc2cncnc2C1. The van der Waals surface area contributed by atoms with Gasteiger partial charge in [-0.3, -0.25) is 0 Å². The molecule has 0 saturated carbocycles. The molecule has 9 heteroatoms. The molecule has 0 unspecified atom stereocenters. The van der Waals surface area contributed by atoms with Crippen molar-refractivity contribution in [3.05, 3.63) is 59.2 Å². The van der Waals surface area contributed by atoms with Gasteiger partial charge in [-0.1, -0.05) is 12.1 Å². The molecule has 2 aromatic rings. The molecule has 0 N–H and O–H groups in total. The Kier molecular flexibility index (Phi) is 3.85. The monoisotopic (exact) mass is 343 g/mol. The number of fused-ring (bicyclic) bond motifs is 1. The standard InChI is InChI=1S/C14H12F3N3O2S/c15-14(16,17)12-3-1-10(2-4-12)8-23(21,22)20-6-11-5-18-9-19-13(11)7-20/h1-5,9H,6-8H2. The highest BCUT2D eigenvalue weighted by Gasteiger charge is 2.32. The van der Waals surface area contributed by atoms with Crippen molar-refractivity contribution in [2.45, 2.75) is 25.0 Å². The third kappa shape index (κ3) is 3.35. The fraction of sp³-hybridized carbons (Fsp3) is 0.286. The van der Waals surface area contributed by atoms with E-state index in [0.29, 0.717) is 11.3 Å². The van der Waals surface area contributed by atoms with Crippen LogP contribution < -0.4 is 0 Å². The highest BCUT2D eigenvalue weighted by atomic mass is 32.2. The summed E-state index contributed by atoms with van der Waals surface area (Å²) in [5, 5.41) is 0. The predicted molar refractivity (Wildman–Crippen MR) is 75.3 cm³/mol. The van der Waals surface area contributed by atoms with Crippen molar-refractivity contribution in [3.8, 4) is 0 Å². The van der Waals surface area contributed by atoms with Crippen LogP contribution in [0.1, 0.15) is 22.4 Å². The van der Waals surface area contributed by atoms with Crippen molar-refractivity contribution in [1.82, 2.24) is 14.3 Å². The lowest BCUT2D eigenvalue weighted by Gasteiger charge is -2.15. The fourth-order valence-electron chi connectivity index (χ4n) is 2.36. The molecule has 0 fully saturated rings. The molecule has 0 atom stereocenters. The zero-order chi connectivity index (χ0) is 16.7. The molecule has 3 rings (SSSR count). The van der Waals surface area contributed by atoms with Crippen LogP contribution in [-0.2, 0) is 35.0 Å². The van der Waals surface area contributed by atoms with Crippen molar-refractivity contribution in [1.29, 1.82) is 0 Å². The van der Waals surface area contributed by atoms with Crippen molar-refractivity contribution in [2.75, 3.05) is 0 Å². The van der Waals surface area contributed by atoms with Gasteiger partial charge in [0, 0.05) is 18.3 Å². The van der Waals surface area contributed by atoms with Crippen molar-refractivity contribution in [2.24, 2.45) is 0 Å². The Bertz CT molecular complexity index is 795. The first-order valence-corrected chi connectivity index (χ1v) is 8.28. The Morgan fingerprint density at radius 3 is 2.43 bits per heavy atom. The molecule has 0 aliphatic carbocycles. The predicted octanol–water partition coefficient (Wildman–Crippen LogP) is 2.34. The molecule has 1 aliphatic heterocycles. The van der Waals surface area contributed by atoms with Gasteiger partial charge in [-0.25, -0.2) is 18.4 Å². The average Bonchev–Trinajstić information content (AvgIpc) is 2.91. The van der Waals surface area contributed by atoms with Gasteiger partial charge in [0.25, 0.3) is 0 Å². The Hall–Kier alpha value is -2.00. The summed E-state index contributed by atoms with van der Waals surface area (Å²) in [6.45, 7) is 0.333. The molecule has 0 bridgehead atoms. The average molecular weight is 343 g/mol. The van der Waals surface area contributed by atoms with Crippen molar-refractivity contribution < 1.29 is 21.6 Å². The van der Waals surface area contributed by atoms with Gasteiger partial charge < -0.3 is 0 Å². The summed E-state index contributed by atoms with van der Waals surface area (Å²) in [5.41, 5.74) is 0.891. The van der Waals surface area contributed by atoms with Gasteiger partial charge in [-0.05, 0) is 17.7 Å². The van der Waals surface area contributed by atoms with Crippen LogP contribution in [0.2, 0.25) is 0 Å². The van der Waals surface area contributed by atoms with E-state index in [9.17, 15) is 21.6 Å². The minimum atomic E-state index is -4.44. The van der Waals surface area contributed by atoms with Crippen LogP contribution in [0.15, 0.2) is 36.8 Å². The Morgan fingerprint density at radius 2 is 1.83 bits per heavy atom. The fourth-order valence-corrected chi connectivity index (χ4v) is 3.81. The molecule has 5 nitrogen and oxygen atoms in total. The third-order valence-electron chi connectivity index (χ3n) is 3.58. The first-order valence-electron chi connectivity index (χ1n) is 6.67. The lowest BCUT2D eigenvalue weighted by Crippen LogP contribution is -2.27. The number of rotatable bonds is 3. The van der Waals surface area contributed by atoms with Crippen LogP contribution in [0.3, 0.4) is 0 Å². The minimum Gasteiger partial charge on any atom is -0.244 e. The molecule has 122 valence electrons. The summed E-state index contributed by atoms with van der Waals surface area (Å²) in [5.74, 6) is -0.355. The number of nitrogens with zero attached hydrogens (tertiary/aromatic N) is 3. The van der Waals surface area contributed by atoms with Gasteiger partial charge in [0.1, 0.15) is 6.33 Å². The number of hydrogen-bond donors (Lipinski definition) is 0. The minimum absolute atomic E-state index is 0.154. The smallest absolute Gasteiger partial charge is 0.244 e. The van der Waals surface area contributed by atoms with Crippen LogP contribution in [0.25, 0.3) is 0 Å². The van der Waals surface area contributed by atoms with Crippen LogP contribution in [0.5, 0.6) is 0 Å². The Morgan fingerprint density at radius 1 is 1.13 bits per heavy atom. The molecule has 2 heterocycles. The normalized spacial score (nSPS) is 15.6. The van der Waals surface area contributed by atoms with Gasteiger partial charge in [0.15, 0.2) is 0 Å². The van der Waals surface area contributed by atoms with E-state index in [1.807, 2.05) is 0 Å². The number of aromatic nitrogens is 2. The topological polar surface area (TPSA) is 63.2 Å². The molecule has 1 aromatic heterocycles. The largest absolute Gasteiger partial charge is 0.416 e. The van der Waals surface area contributed by atoms with Crippen LogP contribution in [-0.4, -0.2) is 22.7 Å². The summed E-state index contributed by atoms with van der Waals surface area (Å²) >= 11 is 0. The first kappa shape index (κ1) is 15.9. The Labute approximate surface area is 130 Å². The van der Waals surface area contributed by atoms with Gasteiger partial charge in [-0.15, -0.1) is 0 Å².